The first-order valence-corrected chi connectivity index (χ1v) is 9.01. The van der Waals surface area contributed by atoms with Gasteiger partial charge in [0.2, 0.25) is 0 Å². The molecule has 1 unspecified atom stereocenters. The second-order valence-corrected chi connectivity index (χ2v) is 7.72. The number of rotatable bonds is 4. The van der Waals surface area contributed by atoms with Gasteiger partial charge in [0, 0.05) is 13.1 Å². The van der Waals surface area contributed by atoms with Crippen LogP contribution in [0.4, 0.5) is 4.79 Å². The zero-order chi connectivity index (χ0) is 17.6. The number of nitrogens with zero attached hydrogens (tertiary/aromatic N) is 1. The summed E-state index contributed by atoms with van der Waals surface area (Å²) >= 11 is 0. The zero-order valence-corrected chi connectivity index (χ0v) is 15.5. The van der Waals surface area contributed by atoms with Crippen LogP contribution < -0.4 is 0 Å². The van der Waals surface area contributed by atoms with E-state index in [1.807, 2.05) is 31.7 Å². The van der Waals surface area contributed by atoms with Crippen molar-refractivity contribution in [1.82, 2.24) is 4.90 Å². The van der Waals surface area contributed by atoms with E-state index in [2.05, 4.69) is 31.2 Å². The lowest BCUT2D eigenvalue weighted by Crippen LogP contribution is -2.41. The molecule has 1 aliphatic carbocycles. The highest BCUT2D eigenvalue weighted by Crippen LogP contribution is 2.23. The third-order valence-electron chi connectivity index (χ3n) is 4.30. The summed E-state index contributed by atoms with van der Waals surface area (Å²) in [5.74, 6) is 2.01. The van der Waals surface area contributed by atoms with Crippen LogP contribution in [0, 0.1) is 11.8 Å². The molecule has 0 spiro atoms. The normalized spacial score (nSPS) is 22.1. The first-order chi connectivity index (χ1) is 11.3. The Labute approximate surface area is 146 Å². The molecule has 0 aromatic heterocycles. The molecule has 1 saturated heterocycles. The topological polar surface area (TPSA) is 38.8 Å². The van der Waals surface area contributed by atoms with Gasteiger partial charge in [0.25, 0.3) is 0 Å². The van der Waals surface area contributed by atoms with Crippen molar-refractivity contribution in [3.8, 4) is 0 Å². The monoisotopic (exact) mass is 333 g/mol. The summed E-state index contributed by atoms with van der Waals surface area (Å²) in [5.41, 5.74) is -0.423. The largest absolute Gasteiger partial charge is 0.494 e. The molecule has 0 bridgehead atoms. The van der Waals surface area contributed by atoms with Gasteiger partial charge in [0.15, 0.2) is 0 Å². The van der Waals surface area contributed by atoms with E-state index in [4.69, 9.17) is 9.47 Å². The number of hydrogen-bond donors (Lipinski definition) is 0. The van der Waals surface area contributed by atoms with Gasteiger partial charge in [-0.2, -0.15) is 0 Å². The summed E-state index contributed by atoms with van der Waals surface area (Å²) < 4.78 is 11.3. The number of piperidine rings is 1. The Balaban J connectivity index is 1.67. The van der Waals surface area contributed by atoms with Crippen LogP contribution in [0.5, 0.6) is 0 Å². The minimum atomic E-state index is -0.423. The third-order valence-corrected chi connectivity index (χ3v) is 4.30. The van der Waals surface area contributed by atoms with Crippen molar-refractivity contribution in [2.75, 3.05) is 19.7 Å². The minimum Gasteiger partial charge on any atom is -0.494 e. The fourth-order valence-corrected chi connectivity index (χ4v) is 2.86. The molecule has 1 fully saturated rings. The summed E-state index contributed by atoms with van der Waals surface area (Å²) in [6.07, 6.45) is 13.3. The van der Waals surface area contributed by atoms with Crippen LogP contribution in [0.2, 0.25) is 0 Å². The van der Waals surface area contributed by atoms with E-state index < -0.39 is 5.60 Å². The van der Waals surface area contributed by atoms with E-state index >= 15 is 0 Å². The molecule has 0 N–H and O–H groups in total. The van der Waals surface area contributed by atoms with E-state index in [9.17, 15) is 4.79 Å². The van der Waals surface area contributed by atoms with Crippen LogP contribution in [-0.4, -0.2) is 36.3 Å². The van der Waals surface area contributed by atoms with Gasteiger partial charge in [-0.15, -0.1) is 0 Å². The van der Waals surface area contributed by atoms with Crippen molar-refractivity contribution in [2.24, 2.45) is 11.8 Å². The molecule has 1 amide bonds. The van der Waals surface area contributed by atoms with Crippen molar-refractivity contribution in [3.05, 3.63) is 36.1 Å². The van der Waals surface area contributed by atoms with Gasteiger partial charge in [-0.25, -0.2) is 4.79 Å². The quantitative estimate of drug-likeness (QED) is 0.749. The SMILES string of the molecule is CC1C=CC=C(OCCC2CCN(C(=O)OC(C)(C)C)CC2)C=C1. The van der Waals surface area contributed by atoms with Crippen LogP contribution in [0.15, 0.2) is 36.1 Å². The maximum Gasteiger partial charge on any atom is 0.410 e. The Bertz CT molecular complexity index is 505. The molecule has 4 heteroatoms. The van der Waals surface area contributed by atoms with Gasteiger partial charge in [0.05, 0.1) is 6.61 Å². The predicted octanol–water partition coefficient (Wildman–Crippen LogP) is 4.69. The molecule has 24 heavy (non-hydrogen) atoms. The highest BCUT2D eigenvalue weighted by Gasteiger charge is 2.26. The molecule has 1 aliphatic heterocycles. The maximum atomic E-state index is 12.1. The van der Waals surface area contributed by atoms with Gasteiger partial charge in [-0.3, -0.25) is 0 Å². The van der Waals surface area contributed by atoms with Gasteiger partial charge in [0.1, 0.15) is 11.4 Å². The van der Waals surface area contributed by atoms with Crippen molar-refractivity contribution in [3.63, 3.8) is 0 Å². The number of ether oxygens (including phenoxy) is 2. The standard InChI is InChI=1S/C20H31NO3/c1-16-6-5-7-18(9-8-16)23-15-12-17-10-13-21(14-11-17)19(22)24-20(2,3)4/h5-9,16-17H,10-15H2,1-4H3. The first kappa shape index (κ1) is 18.6. The molecule has 0 saturated carbocycles. The summed E-state index contributed by atoms with van der Waals surface area (Å²) in [6.45, 7) is 10.2. The second kappa shape index (κ2) is 8.41. The highest BCUT2D eigenvalue weighted by molar-refractivity contribution is 5.68. The first-order valence-electron chi connectivity index (χ1n) is 9.01. The van der Waals surface area contributed by atoms with Crippen LogP contribution in [0.3, 0.4) is 0 Å². The molecule has 2 aliphatic rings. The number of hydrogen-bond acceptors (Lipinski definition) is 3. The Morgan fingerprint density at radius 2 is 1.96 bits per heavy atom. The van der Waals surface area contributed by atoms with Crippen LogP contribution in [0.25, 0.3) is 0 Å². The predicted molar refractivity (Wildman–Crippen MR) is 96.6 cm³/mol. The summed E-state index contributed by atoms with van der Waals surface area (Å²) in [7, 11) is 0. The van der Waals surface area contributed by atoms with Gasteiger partial charge in [-0.05, 0) is 64.0 Å². The van der Waals surface area contributed by atoms with Crippen molar-refractivity contribution >= 4 is 6.09 Å². The molecule has 0 aromatic carbocycles. The van der Waals surface area contributed by atoms with E-state index in [0.29, 0.717) is 11.8 Å². The summed E-state index contributed by atoms with van der Waals surface area (Å²) in [6, 6.07) is 0. The van der Waals surface area contributed by atoms with Crippen molar-refractivity contribution in [1.29, 1.82) is 0 Å². The second-order valence-electron chi connectivity index (χ2n) is 7.72. The Morgan fingerprint density at radius 1 is 1.25 bits per heavy atom. The molecule has 1 atom stereocenters. The smallest absolute Gasteiger partial charge is 0.410 e. The van der Waals surface area contributed by atoms with E-state index in [0.717, 1.165) is 44.7 Å². The number of allylic oxidation sites excluding steroid dienone is 5. The zero-order valence-electron chi connectivity index (χ0n) is 15.5. The Morgan fingerprint density at radius 3 is 2.62 bits per heavy atom. The van der Waals surface area contributed by atoms with Gasteiger partial charge < -0.3 is 14.4 Å². The van der Waals surface area contributed by atoms with Crippen LogP contribution in [0.1, 0.15) is 47.0 Å². The van der Waals surface area contributed by atoms with Crippen LogP contribution >= 0.6 is 0 Å². The van der Waals surface area contributed by atoms with Gasteiger partial charge in [-0.1, -0.05) is 25.2 Å². The highest BCUT2D eigenvalue weighted by atomic mass is 16.6. The molecule has 1 heterocycles. The molecular formula is C20H31NO3. The van der Waals surface area contributed by atoms with Crippen LogP contribution in [-0.2, 0) is 9.47 Å². The third kappa shape index (κ3) is 6.42. The Kier molecular flexibility index (Phi) is 6.52. The minimum absolute atomic E-state index is 0.188. The lowest BCUT2D eigenvalue weighted by atomic mass is 9.94. The fourth-order valence-electron chi connectivity index (χ4n) is 2.86. The van der Waals surface area contributed by atoms with Gasteiger partial charge >= 0.3 is 6.09 Å². The lowest BCUT2D eigenvalue weighted by molar-refractivity contribution is 0.0174. The lowest BCUT2D eigenvalue weighted by Gasteiger charge is -2.33. The summed E-state index contributed by atoms with van der Waals surface area (Å²) in [5, 5.41) is 0. The molecule has 134 valence electrons. The maximum absolute atomic E-state index is 12.1. The average molecular weight is 333 g/mol. The number of likely N-dealkylation sites (tertiary alicyclic amines) is 1. The van der Waals surface area contributed by atoms with E-state index in [1.54, 1.807) is 0 Å². The number of carbonyl (C=O) groups excluding carboxylic acids is 1. The molecule has 0 radical (unpaired) electrons. The van der Waals surface area contributed by atoms with E-state index in [1.165, 1.54) is 0 Å². The van der Waals surface area contributed by atoms with E-state index in [-0.39, 0.29) is 6.09 Å². The van der Waals surface area contributed by atoms with Crippen molar-refractivity contribution in [2.45, 2.75) is 52.6 Å². The molecule has 2 rings (SSSR count). The molecule has 0 aromatic rings. The van der Waals surface area contributed by atoms with Crippen molar-refractivity contribution < 1.29 is 14.3 Å². The Hall–Kier alpha value is -1.71. The number of carbonyl (C=O) groups is 1. The summed E-state index contributed by atoms with van der Waals surface area (Å²) in [4.78, 5) is 13.9. The fraction of sp³-hybridized carbons (Fsp3) is 0.650. The molecule has 4 nitrogen and oxygen atoms in total. The average Bonchev–Trinajstić information content (AvgIpc) is 2.71. The molecular weight excluding hydrogens is 302 g/mol. The number of amides is 1.